The third-order valence-electron chi connectivity index (χ3n) is 4.54. The Balaban J connectivity index is 1.32. The number of amides is 2. The largest absolute Gasteiger partial charge is 0.497 e. The minimum absolute atomic E-state index is 0.0477. The van der Waals surface area contributed by atoms with Gasteiger partial charge in [-0.05, 0) is 31.2 Å². The molecule has 168 valence electrons. The Morgan fingerprint density at radius 2 is 1.85 bits per heavy atom. The molecule has 33 heavy (non-hydrogen) atoms. The van der Waals surface area contributed by atoms with Crippen molar-refractivity contribution >= 4 is 34.9 Å². The zero-order valence-electron chi connectivity index (χ0n) is 17.8. The number of nitrogens with one attached hydrogen (secondary N) is 2. The second kappa shape index (κ2) is 10.3. The Hall–Kier alpha value is -3.70. The predicted octanol–water partition coefficient (Wildman–Crippen LogP) is 3.26. The molecule has 2 heterocycles. The van der Waals surface area contributed by atoms with Gasteiger partial charge in [0.25, 0.3) is 5.91 Å². The standard InChI is InChI=1S/C22H20N6O3S2/c1-14-19(33-21(24-14)15-6-4-3-5-7-15)20(30)26-25-18(29)12-32-22-27-23-13-28(22)16-8-10-17(31-2)11-9-16/h3-11,13H,12H2,1-2H3,(H,25,29)(H,26,30). The number of thiazole rings is 1. The number of carbonyl (C=O) groups is 2. The molecule has 4 aromatic rings. The van der Waals surface area contributed by atoms with Crippen LogP contribution in [0.15, 0.2) is 66.1 Å². The van der Waals surface area contributed by atoms with Gasteiger partial charge in [0.15, 0.2) is 5.16 Å². The third kappa shape index (κ3) is 5.38. The van der Waals surface area contributed by atoms with Crippen molar-refractivity contribution in [2.45, 2.75) is 12.1 Å². The lowest BCUT2D eigenvalue weighted by molar-refractivity contribution is -0.119. The molecule has 9 nitrogen and oxygen atoms in total. The minimum Gasteiger partial charge on any atom is -0.497 e. The Labute approximate surface area is 198 Å². The molecule has 0 unspecified atom stereocenters. The van der Waals surface area contributed by atoms with Gasteiger partial charge in [-0.2, -0.15) is 0 Å². The second-order valence-corrected chi connectivity index (χ2v) is 8.71. The van der Waals surface area contributed by atoms with E-state index in [-0.39, 0.29) is 11.7 Å². The van der Waals surface area contributed by atoms with E-state index in [2.05, 4.69) is 26.0 Å². The number of methoxy groups -OCH3 is 1. The number of benzene rings is 2. The molecular formula is C22H20N6O3S2. The molecule has 0 radical (unpaired) electrons. The first-order valence-corrected chi connectivity index (χ1v) is 11.6. The number of aryl methyl sites for hydroxylation is 1. The molecule has 0 spiro atoms. The summed E-state index contributed by atoms with van der Waals surface area (Å²) in [4.78, 5) is 29.7. The van der Waals surface area contributed by atoms with E-state index >= 15 is 0 Å². The molecule has 0 aliphatic rings. The van der Waals surface area contributed by atoms with E-state index in [4.69, 9.17) is 4.74 Å². The molecule has 2 aromatic heterocycles. The molecule has 2 amide bonds. The van der Waals surface area contributed by atoms with E-state index in [9.17, 15) is 9.59 Å². The first-order valence-electron chi connectivity index (χ1n) is 9.84. The lowest BCUT2D eigenvalue weighted by Gasteiger charge is -2.08. The van der Waals surface area contributed by atoms with Crippen molar-refractivity contribution < 1.29 is 14.3 Å². The maximum atomic E-state index is 12.5. The third-order valence-corrected chi connectivity index (χ3v) is 6.69. The van der Waals surface area contributed by atoms with Crippen LogP contribution in [0.1, 0.15) is 15.4 Å². The van der Waals surface area contributed by atoms with Crippen LogP contribution in [0.2, 0.25) is 0 Å². The Morgan fingerprint density at radius 3 is 2.58 bits per heavy atom. The van der Waals surface area contributed by atoms with Crippen LogP contribution in [-0.4, -0.2) is 44.4 Å². The van der Waals surface area contributed by atoms with Crippen LogP contribution < -0.4 is 15.6 Å². The van der Waals surface area contributed by atoms with E-state index in [1.54, 1.807) is 24.9 Å². The summed E-state index contributed by atoms with van der Waals surface area (Å²) in [6.45, 7) is 1.77. The van der Waals surface area contributed by atoms with Gasteiger partial charge in [-0.3, -0.25) is 25.0 Å². The lowest BCUT2D eigenvalue weighted by Crippen LogP contribution is -2.42. The molecule has 0 fully saturated rings. The Morgan fingerprint density at radius 1 is 1.09 bits per heavy atom. The van der Waals surface area contributed by atoms with Crippen molar-refractivity contribution in [2.75, 3.05) is 12.9 Å². The number of rotatable bonds is 7. The van der Waals surface area contributed by atoms with E-state index in [1.807, 2.05) is 54.6 Å². The molecule has 0 bridgehead atoms. The van der Waals surface area contributed by atoms with Crippen molar-refractivity contribution in [3.8, 4) is 22.0 Å². The molecule has 2 aromatic carbocycles. The first kappa shape index (κ1) is 22.5. The summed E-state index contributed by atoms with van der Waals surface area (Å²) in [7, 11) is 1.60. The van der Waals surface area contributed by atoms with Crippen LogP contribution in [0.5, 0.6) is 5.75 Å². The average Bonchev–Trinajstić information content (AvgIpc) is 3.48. The number of carbonyl (C=O) groups excluding carboxylic acids is 2. The van der Waals surface area contributed by atoms with Gasteiger partial charge >= 0.3 is 0 Å². The van der Waals surface area contributed by atoms with Crippen LogP contribution >= 0.6 is 23.1 Å². The Kier molecular flexibility index (Phi) is 7.01. The minimum atomic E-state index is -0.410. The molecule has 0 atom stereocenters. The highest BCUT2D eigenvalue weighted by Crippen LogP contribution is 2.27. The molecule has 0 saturated carbocycles. The second-order valence-electron chi connectivity index (χ2n) is 6.77. The maximum Gasteiger partial charge on any atom is 0.281 e. The molecule has 2 N–H and O–H groups in total. The van der Waals surface area contributed by atoms with Gasteiger partial charge < -0.3 is 4.74 Å². The summed E-state index contributed by atoms with van der Waals surface area (Å²) in [5, 5.41) is 9.28. The van der Waals surface area contributed by atoms with Crippen molar-refractivity contribution in [3.05, 3.63) is 71.5 Å². The summed E-state index contributed by atoms with van der Waals surface area (Å²) in [5.74, 6) is 0.00438. The number of thioether (sulfide) groups is 1. The highest BCUT2D eigenvalue weighted by atomic mass is 32.2. The highest BCUT2D eigenvalue weighted by Gasteiger charge is 2.17. The number of ether oxygens (including phenoxy) is 1. The van der Waals surface area contributed by atoms with Crippen LogP contribution in [0.3, 0.4) is 0 Å². The van der Waals surface area contributed by atoms with Crippen molar-refractivity contribution in [1.82, 2.24) is 30.6 Å². The molecule has 4 rings (SSSR count). The van der Waals surface area contributed by atoms with Crippen LogP contribution in [0, 0.1) is 6.92 Å². The normalized spacial score (nSPS) is 10.6. The van der Waals surface area contributed by atoms with Gasteiger partial charge in [0.1, 0.15) is 22.0 Å². The van der Waals surface area contributed by atoms with Crippen LogP contribution in [0.4, 0.5) is 0 Å². The molecular weight excluding hydrogens is 460 g/mol. The summed E-state index contributed by atoms with van der Waals surface area (Å²) in [6.07, 6.45) is 1.57. The van der Waals surface area contributed by atoms with Gasteiger partial charge in [0.05, 0.1) is 18.6 Å². The zero-order valence-corrected chi connectivity index (χ0v) is 19.4. The number of hydrogen-bond donors (Lipinski definition) is 2. The summed E-state index contributed by atoms with van der Waals surface area (Å²) >= 11 is 2.48. The molecule has 11 heteroatoms. The Bertz CT molecular complexity index is 1250. The van der Waals surface area contributed by atoms with Crippen molar-refractivity contribution in [3.63, 3.8) is 0 Å². The summed E-state index contributed by atoms with van der Waals surface area (Å²) in [6, 6.07) is 17.0. The topological polar surface area (TPSA) is 111 Å². The number of hydrazine groups is 1. The molecule has 0 saturated heterocycles. The number of hydrogen-bond acceptors (Lipinski definition) is 8. The van der Waals surface area contributed by atoms with E-state index in [0.717, 1.165) is 22.0 Å². The zero-order chi connectivity index (χ0) is 23.2. The highest BCUT2D eigenvalue weighted by molar-refractivity contribution is 7.99. The van der Waals surface area contributed by atoms with E-state index in [1.165, 1.54) is 23.1 Å². The smallest absolute Gasteiger partial charge is 0.281 e. The first-order chi connectivity index (χ1) is 16.0. The maximum absolute atomic E-state index is 12.5. The molecule has 0 aliphatic heterocycles. The number of nitrogens with zero attached hydrogens (tertiary/aromatic N) is 4. The monoisotopic (exact) mass is 480 g/mol. The van der Waals surface area contributed by atoms with Crippen molar-refractivity contribution in [2.24, 2.45) is 0 Å². The quantitative estimate of drug-likeness (QED) is 0.308. The average molecular weight is 481 g/mol. The van der Waals surface area contributed by atoms with Gasteiger partial charge in [-0.25, -0.2) is 4.98 Å². The lowest BCUT2D eigenvalue weighted by atomic mass is 10.2. The summed E-state index contributed by atoms with van der Waals surface area (Å²) in [5.41, 5.74) is 7.27. The number of aromatic nitrogens is 4. The fourth-order valence-corrected chi connectivity index (χ4v) is 4.60. The van der Waals surface area contributed by atoms with E-state index in [0.29, 0.717) is 15.7 Å². The fraction of sp³-hybridized carbons (Fsp3) is 0.136. The van der Waals surface area contributed by atoms with Gasteiger partial charge in [0, 0.05) is 11.3 Å². The fourth-order valence-electron chi connectivity index (χ4n) is 2.90. The van der Waals surface area contributed by atoms with E-state index < -0.39 is 5.91 Å². The van der Waals surface area contributed by atoms with Crippen molar-refractivity contribution in [1.29, 1.82) is 0 Å². The van der Waals surface area contributed by atoms with Gasteiger partial charge in [-0.1, -0.05) is 42.1 Å². The van der Waals surface area contributed by atoms with Gasteiger partial charge in [0.2, 0.25) is 5.91 Å². The van der Waals surface area contributed by atoms with Gasteiger partial charge in [-0.15, -0.1) is 21.5 Å². The molecule has 0 aliphatic carbocycles. The summed E-state index contributed by atoms with van der Waals surface area (Å²) < 4.78 is 6.93. The van der Waals surface area contributed by atoms with Crippen LogP contribution in [0.25, 0.3) is 16.3 Å². The SMILES string of the molecule is COc1ccc(-n2cnnc2SCC(=O)NNC(=O)c2sc(-c3ccccc3)nc2C)cc1. The predicted molar refractivity (Wildman–Crippen MR) is 127 cm³/mol. The van der Waals surface area contributed by atoms with Crippen LogP contribution in [-0.2, 0) is 4.79 Å².